The molecule has 6 nitrogen and oxygen atoms in total. The molecule has 0 unspecified atom stereocenters. The zero-order valence-corrected chi connectivity index (χ0v) is 16.7. The van der Waals surface area contributed by atoms with E-state index in [1.165, 1.54) is 4.57 Å². The second kappa shape index (κ2) is 7.56. The first-order valence-corrected chi connectivity index (χ1v) is 9.50. The summed E-state index contributed by atoms with van der Waals surface area (Å²) in [6.07, 6.45) is 3.66. The molecular formula is C22H19ClN4O2. The Morgan fingerprint density at radius 1 is 1.21 bits per heavy atom. The highest BCUT2D eigenvalue weighted by Gasteiger charge is 2.15. The van der Waals surface area contributed by atoms with Crippen molar-refractivity contribution in [1.29, 1.82) is 0 Å². The van der Waals surface area contributed by atoms with Gasteiger partial charge in [-0.2, -0.15) is 0 Å². The molecule has 4 aromatic rings. The van der Waals surface area contributed by atoms with E-state index in [9.17, 15) is 9.59 Å². The fourth-order valence-corrected chi connectivity index (χ4v) is 3.53. The van der Waals surface area contributed by atoms with Crippen LogP contribution >= 0.6 is 11.6 Å². The molecule has 0 radical (unpaired) electrons. The van der Waals surface area contributed by atoms with Crippen molar-refractivity contribution in [2.24, 2.45) is 7.05 Å². The average Bonchev–Trinajstić information content (AvgIpc) is 3.18. The average molecular weight is 407 g/mol. The Kier molecular flexibility index (Phi) is 4.94. The quantitative estimate of drug-likeness (QED) is 0.536. The van der Waals surface area contributed by atoms with E-state index in [0.29, 0.717) is 22.1 Å². The number of halogens is 1. The van der Waals surface area contributed by atoms with Crippen molar-refractivity contribution in [3.8, 4) is 11.3 Å². The number of aromatic amines is 1. The summed E-state index contributed by atoms with van der Waals surface area (Å²) in [5.74, 6) is 0.243. The predicted molar refractivity (Wildman–Crippen MR) is 115 cm³/mol. The molecule has 7 heteroatoms. The van der Waals surface area contributed by atoms with Crippen LogP contribution in [0.3, 0.4) is 0 Å². The molecule has 0 bridgehead atoms. The molecule has 4 rings (SSSR count). The van der Waals surface area contributed by atoms with E-state index in [-0.39, 0.29) is 17.9 Å². The number of carbonyl (C=O) groups excluding carboxylic acids is 1. The first-order valence-electron chi connectivity index (χ1n) is 9.12. The van der Waals surface area contributed by atoms with Gasteiger partial charge in [0.05, 0.1) is 12.1 Å². The first kappa shape index (κ1) is 19.0. The number of rotatable bonds is 4. The predicted octanol–water partition coefficient (Wildman–Crippen LogP) is 4.07. The van der Waals surface area contributed by atoms with Gasteiger partial charge in [0.2, 0.25) is 5.91 Å². The Morgan fingerprint density at radius 3 is 2.79 bits per heavy atom. The van der Waals surface area contributed by atoms with Gasteiger partial charge in [-0.05, 0) is 36.2 Å². The van der Waals surface area contributed by atoms with Crippen molar-refractivity contribution in [2.75, 3.05) is 5.32 Å². The number of carbonyl (C=O) groups is 1. The number of pyridine rings is 2. The van der Waals surface area contributed by atoms with Crippen LogP contribution in [0.2, 0.25) is 5.02 Å². The molecule has 0 aliphatic carbocycles. The highest BCUT2D eigenvalue weighted by Crippen LogP contribution is 2.28. The van der Waals surface area contributed by atoms with Gasteiger partial charge in [-0.1, -0.05) is 35.9 Å². The van der Waals surface area contributed by atoms with Gasteiger partial charge in [-0.3, -0.25) is 9.59 Å². The second-order valence-electron chi connectivity index (χ2n) is 6.90. The van der Waals surface area contributed by atoms with E-state index in [2.05, 4.69) is 15.3 Å². The number of hydrogen-bond acceptors (Lipinski definition) is 3. The summed E-state index contributed by atoms with van der Waals surface area (Å²) in [5, 5.41) is 4.19. The second-order valence-corrected chi connectivity index (χ2v) is 7.31. The highest BCUT2D eigenvalue weighted by molar-refractivity contribution is 6.31. The molecule has 1 amide bonds. The van der Waals surface area contributed by atoms with Crippen LogP contribution in [0, 0.1) is 6.92 Å². The van der Waals surface area contributed by atoms with Crippen molar-refractivity contribution >= 4 is 34.2 Å². The zero-order chi connectivity index (χ0) is 20.5. The minimum Gasteiger partial charge on any atom is -0.357 e. The number of nitrogens with zero attached hydrogens (tertiary/aromatic N) is 2. The lowest BCUT2D eigenvalue weighted by atomic mass is 10.0. The number of aryl methyl sites for hydroxylation is 2. The zero-order valence-electron chi connectivity index (χ0n) is 16.0. The van der Waals surface area contributed by atoms with Crippen LogP contribution < -0.4 is 10.9 Å². The summed E-state index contributed by atoms with van der Waals surface area (Å²) in [5.41, 5.74) is 3.65. The lowest BCUT2D eigenvalue weighted by Gasteiger charge is -2.12. The van der Waals surface area contributed by atoms with Crippen LogP contribution in [0.15, 0.2) is 59.7 Å². The van der Waals surface area contributed by atoms with Crippen molar-refractivity contribution in [3.63, 3.8) is 0 Å². The molecule has 146 valence electrons. The third-order valence-corrected chi connectivity index (χ3v) is 5.19. The maximum atomic E-state index is 12.5. The first-order chi connectivity index (χ1) is 13.9. The van der Waals surface area contributed by atoms with Gasteiger partial charge in [-0.15, -0.1) is 0 Å². The minimum absolute atomic E-state index is 0.101. The molecule has 3 aromatic heterocycles. The largest absolute Gasteiger partial charge is 0.357 e. The summed E-state index contributed by atoms with van der Waals surface area (Å²) < 4.78 is 1.53. The van der Waals surface area contributed by atoms with Crippen molar-refractivity contribution < 1.29 is 4.79 Å². The lowest BCUT2D eigenvalue weighted by Crippen LogP contribution is -2.17. The van der Waals surface area contributed by atoms with Crippen LogP contribution in [-0.2, 0) is 18.3 Å². The molecule has 0 aliphatic heterocycles. The van der Waals surface area contributed by atoms with Crippen LogP contribution in [0.4, 0.5) is 5.82 Å². The van der Waals surface area contributed by atoms with Gasteiger partial charge in [-0.25, -0.2) is 4.98 Å². The molecule has 0 saturated carbocycles. The SMILES string of the molecule is Cc1ccc(NC(=O)Cc2ccccc2Cl)nc1-c1cn(C)c(=O)c2[nH]ccc12. The molecule has 0 saturated heterocycles. The van der Waals surface area contributed by atoms with Gasteiger partial charge in [0.1, 0.15) is 11.3 Å². The third-order valence-electron chi connectivity index (χ3n) is 4.82. The molecule has 0 spiro atoms. The van der Waals surface area contributed by atoms with Gasteiger partial charge in [0.25, 0.3) is 5.56 Å². The molecule has 3 heterocycles. The summed E-state index contributed by atoms with van der Waals surface area (Å²) in [7, 11) is 1.71. The number of fused-ring (bicyclic) bond motifs is 1. The third kappa shape index (κ3) is 3.67. The van der Waals surface area contributed by atoms with Gasteiger partial charge >= 0.3 is 0 Å². The van der Waals surface area contributed by atoms with Crippen LogP contribution in [0.1, 0.15) is 11.1 Å². The van der Waals surface area contributed by atoms with Crippen molar-refractivity contribution in [2.45, 2.75) is 13.3 Å². The Hall–Kier alpha value is -3.38. The maximum Gasteiger partial charge on any atom is 0.274 e. The van der Waals surface area contributed by atoms with Crippen molar-refractivity contribution in [1.82, 2.24) is 14.5 Å². The van der Waals surface area contributed by atoms with Crippen LogP contribution in [0.5, 0.6) is 0 Å². The Morgan fingerprint density at radius 2 is 2.00 bits per heavy atom. The number of nitrogens with one attached hydrogen (secondary N) is 2. The monoisotopic (exact) mass is 406 g/mol. The van der Waals surface area contributed by atoms with Gasteiger partial charge in [0.15, 0.2) is 0 Å². The summed E-state index contributed by atoms with van der Waals surface area (Å²) in [6.45, 7) is 1.95. The van der Waals surface area contributed by atoms with E-state index in [4.69, 9.17) is 11.6 Å². The number of amides is 1. The van der Waals surface area contributed by atoms with E-state index in [0.717, 1.165) is 22.1 Å². The molecule has 1 aromatic carbocycles. The Bertz CT molecular complexity index is 1290. The number of anilines is 1. The molecule has 2 N–H and O–H groups in total. The number of aromatic nitrogens is 3. The van der Waals surface area contributed by atoms with Gasteiger partial charge < -0.3 is 14.9 Å². The maximum absolute atomic E-state index is 12.5. The van der Waals surface area contributed by atoms with Gasteiger partial charge in [0, 0.05) is 35.4 Å². The minimum atomic E-state index is -0.201. The van der Waals surface area contributed by atoms with Crippen molar-refractivity contribution in [3.05, 3.63) is 81.4 Å². The Labute approximate surface area is 172 Å². The number of H-pyrrole nitrogens is 1. The molecule has 0 aliphatic rings. The summed E-state index contributed by atoms with van der Waals surface area (Å²) in [4.78, 5) is 32.4. The highest BCUT2D eigenvalue weighted by atomic mass is 35.5. The lowest BCUT2D eigenvalue weighted by molar-refractivity contribution is -0.115. The number of hydrogen-bond donors (Lipinski definition) is 2. The smallest absolute Gasteiger partial charge is 0.274 e. The van der Waals surface area contributed by atoms with Crippen LogP contribution in [0.25, 0.3) is 22.2 Å². The van der Waals surface area contributed by atoms with E-state index >= 15 is 0 Å². The number of benzene rings is 1. The molecule has 0 atom stereocenters. The molecular weight excluding hydrogens is 388 g/mol. The topological polar surface area (TPSA) is 79.8 Å². The Balaban J connectivity index is 1.68. The standard InChI is InChI=1S/C22H19ClN4O2/c1-13-7-8-18(25-19(28)11-14-5-3-4-6-17(14)23)26-20(13)16-12-27(2)22(29)21-15(16)9-10-24-21/h3-10,12,24H,11H2,1-2H3,(H,25,26,28). The molecule has 0 fully saturated rings. The summed E-state index contributed by atoms with van der Waals surface area (Å²) in [6, 6.07) is 12.8. The normalized spacial score (nSPS) is 11.0. The molecule has 29 heavy (non-hydrogen) atoms. The fourth-order valence-electron chi connectivity index (χ4n) is 3.33. The van der Waals surface area contributed by atoms with E-state index < -0.39 is 0 Å². The fraction of sp³-hybridized carbons (Fsp3) is 0.136. The summed E-state index contributed by atoms with van der Waals surface area (Å²) >= 11 is 6.14. The van der Waals surface area contributed by atoms with E-state index in [1.54, 1.807) is 31.6 Å². The van der Waals surface area contributed by atoms with E-state index in [1.807, 2.05) is 37.3 Å². The van der Waals surface area contributed by atoms with Crippen LogP contribution in [-0.4, -0.2) is 20.4 Å².